The molecule has 0 heterocycles. The summed E-state index contributed by atoms with van der Waals surface area (Å²) in [5.74, 6) is 0. The fourth-order valence-electron chi connectivity index (χ4n) is 1.64. The van der Waals surface area contributed by atoms with Crippen molar-refractivity contribution < 1.29 is 0 Å². The molecule has 0 aromatic heterocycles. The summed E-state index contributed by atoms with van der Waals surface area (Å²) in [4.78, 5) is 5.15. The number of hydrogen-bond donors (Lipinski definition) is 0. The molecule has 110 valence electrons. The Bertz CT molecular complexity index is 871. The number of benzene rings is 1. The molecule has 0 fully saturated rings. The number of allylic oxidation sites excluding steroid dienone is 2. The zero-order valence-electron chi connectivity index (χ0n) is 11.8. The predicted octanol–water partition coefficient (Wildman–Crippen LogP) is 3.82. The van der Waals surface area contributed by atoms with Crippen molar-refractivity contribution >= 4 is 11.4 Å². The molecule has 10 heteroatoms. The molecule has 1 aromatic rings. The summed E-state index contributed by atoms with van der Waals surface area (Å²) in [5.41, 5.74) is 16.6. The highest BCUT2D eigenvalue weighted by molar-refractivity contribution is 5.78. The molecule has 0 spiro atoms. The van der Waals surface area contributed by atoms with Crippen LogP contribution >= 0.6 is 0 Å². The van der Waals surface area contributed by atoms with Crippen LogP contribution in [0.1, 0.15) is 11.1 Å². The van der Waals surface area contributed by atoms with E-state index in [-0.39, 0.29) is 33.7 Å². The van der Waals surface area contributed by atoms with Gasteiger partial charge in [-0.2, -0.15) is 21.0 Å². The Hall–Kier alpha value is -4.72. The van der Waals surface area contributed by atoms with E-state index < -0.39 is 0 Å². The molecular formula is C14H4N10. The van der Waals surface area contributed by atoms with Crippen molar-refractivity contribution in [2.75, 3.05) is 0 Å². The molecule has 1 rings (SSSR count). The molecule has 0 atom stereocenters. The van der Waals surface area contributed by atoms with Crippen LogP contribution in [-0.2, 0) is 0 Å². The average Bonchev–Trinajstić information content (AvgIpc) is 2.62. The Morgan fingerprint density at radius 3 is 1.21 bits per heavy atom. The first kappa shape index (κ1) is 17.3. The molecular weight excluding hydrogens is 308 g/mol. The second-order valence-corrected chi connectivity index (χ2v) is 3.85. The second-order valence-electron chi connectivity index (χ2n) is 3.85. The number of azide groups is 2. The predicted molar refractivity (Wildman–Crippen MR) is 81.0 cm³/mol. The molecule has 0 unspecified atom stereocenters. The standard InChI is InChI=1S/C14H4N10/c15-5-11(6-16)13(21-23-19)9-1-2-10(4-3-9)14(22-24-20)12(7-17)8-18/h1-4H. The van der Waals surface area contributed by atoms with Crippen LogP contribution in [0.2, 0.25) is 0 Å². The number of nitriles is 4. The summed E-state index contributed by atoms with van der Waals surface area (Å²) in [7, 11) is 0. The minimum atomic E-state index is -0.374. The van der Waals surface area contributed by atoms with Gasteiger partial charge in [0.25, 0.3) is 0 Å². The topological polar surface area (TPSA) is 193 Å². The van der Waals surface area contributed by atoms with Crippen molar-refractivity contribution in [2.45, 2.75) is 0 Å². The van der Waals surface area contributed by atoms with Crippen LogP contribution in [0.4, 0.5) is 0 Å². The summed E-state index contributed by atoms with van der Waals surface area (Å²) < 4.78 is 0. The van der Waals surface area contributed by atoms with Crippen LogP contribution in [0.3, 0.4) is 0 Å². The number of hydrogen-bond acceptors (Lipinski definition) is 6. The Labute approximate surface area is 135 Å². The normalized spacial score (nSPS) is 7.83. The fraction of sp³-hybridized carbons (Fsp3) is 0. The van der Waals surface area contributed by atoms with Crippen molar-refractivity contribution in [3.05, 3.63) is 67.4 Å². The van der Waals surface area contributed by atoms with Crippen LogP contribution in [0.25, 0.3) is 32.3 Å². The highest BCUT2D eigenvalue weighted by atomic mass is 15.1. The minimum Gasteiger partial charge on any atom is -0.192 e. The van der Waals surface area contributed by atoms with E-state index in [1.54, 1.807) is 24.3 Å². The molecule has 24 heavy (non-hydrogen) atoms. The lowest BCUT2D eigenvalue weighted by atomic mass is 10.0. The molecule has 0 saturated heterocycles. The van der Waals surface area contributed by atoms with E-state index in [0.29, 0.717) is 0 Å². The third-order valence-corrected chi connectivity index (χ3v) is 2.64. The van der Waals surface area contributed by atoms with E-state index in [1.165, 1.54) is 24.3 Å². The van der Waals surface area contributed by atoms with Gasteiger partial charge in [0.1, 0.15) is 35.4 Å². The minimum absolute atomic E-state index is 0.163. The van der Waals surface area contributed by atoms with Crippen molar-refractivity contribution in [2.24, 2.45) is 10.2 Å². The molecule has 0 radical (unpaired) electrons. The molecule has 0 aliphatic rings. The molecule has 10 nitrogen and oxygen atoms in total. The van der Waals surface area contributed by atoms with Crippen molar-refractivity contribution in [3.63, 3.8) is 0 Å². The smallest absolute Gasteiger partial charge is 0.139 e. The lowest BCUT2D eigenvalue weighted by molar-refractivity contribution is 1.38. The largest absolute Gasteiger partial charge is 0.192 e. The lowest BCUT2D eigenvalue weighted by Gasteiger charge is -2.05. The Balaban J connectivity index is 3.58. The van der Waals surface area contributed by atoms with Crippen molar-refractivity contribution in [3.8, 4) is 24.3 Å². The van der Waals surface area contributed by atoms with E-state index in [9.17, 15) is 0 Å². The first-order valence-electron chi connectivity index (χ1n) is 5.96. The molecule has 0 saturated carbocycles. The SMILES string of the molecule is N#CC(C#N)=C(N=[N+]=[N-])c1ccc(C(N=[N+]=[N-])=C(C#N)C#N)cc1. The zero-order chi connectivity index (χ0) is 17.9. The maximum atomic E-state index is 8.89. The molecule has 0 aliphatic carbocycles. The van der Waals surface area contributed by atoms with E-state index in [2.05, 4.69) is 20.1 Å². The number of rotatable bonds is 4. The van der Waals surface area contributed by atoms with Crippen LogP contribution in [0.5, 0.6) is 0 Å². The van der Waals surface area contributed by atoms with Crippen LogP contribution < -0.4 is 0 Å². The van der Waals surface area contributed by atoms with Gasteiger partial charge in [-0.3, -0.25) is 0 Å². The Morgan fingerprint density at radius 2 is 1.00 bits per heavy atom. The van der Waals surface area contributed by atoms with Gasteiger partial charge in [0.05, 0.1) is 11.4 Å². The van der Waals surface area contributed by atoms with Crippen LogP contribution in [0, 0.1) is 45.3 Å². The van der Waals surface area contributed by atoms with Gasteiger partial charge in [-0.15, -0.1) is 0 Å². The molecule has 0 amide bonds. The second kappa shape index (κ2) is 8.54. The maximum absolute atomic E-state index is 8.89. The van der Waals surface area contributed by atoms with E-state index in [0.717, 1.165) is 0 Å². The average molecular weight is 312 g/mol. The van der Waals surface area contributed by atoms with Crippen molar-refractivity contribution in [1.29, 1.82) is 21.0 Å². The number of nitrogens with zero attached hydrogens (tertiary/aromatic N) is 10. The summed E-state index contributed by atoms with van der Waals surface area (Å²) in [6.45, 7) is 0. The maximum Gasteiger partial charge on any atom is 0.139 e. The van der Waals surface area contributed by atoms with Crippen LogP contribution in [0.15, 0.2) is 45.6 Å². The molecule has 0 aliphatic heterocycles. The Morgan fingerprint density at radius 1 is 0.708 bits per heavy atom. The first-order chi connectivity index (χ1) is 11.7. The summed E-state index contributed by atoms with van der Waals surface area (Å²) >= 11 is 0. The van der Waals surface area contributed by atoms with E-state index >= 15 is 0 Å². The highest BCUT2D eigenvalue weighted by Gasteiger charge is 2.11. The molecule has 0 bridgehead atoms. The monoisotopic (exact) mass is 312 g/mol. The van der Waals surface area contributed by atoms with Gasteiger partial charge in [-0.25, -0.2) is 0 Å². The van der Waals surface area contributed by atoms with E-state index in [1.807, 2.05) is 0 Å². The summed E-state index contributed by atoms with van der Waals surface area (Å²) in [6, 6.07) is 12.1. The quantitative estimate of drug-likeness (QED) is 0.353. The third-order valence-electron chi connectivity index (χ3n) is 2.64. The van der Waals surface area contributed by atoms with Crippen LogP contribution in [-0.4, -0.2) is 0 Å². The Kier molecular flexibility index (Phi) is 6.17. The molecule has 1 aromatic carbocycles. The van der Waals surface area contributed by atoms with E-state index in [4.69, 9.17) is 32.1 Å². The lowest BCUT2D eigenvalue weighted by Crippen LogP contribution is -1.89. The summed E-state index contributed by atoms with van der Waals surface area (Å²) in [5, 5.41) is 42.2. The van der Waals surface area contributed by atoms with Crippen molar-refractivity contribution in [1.82, 2.24) is 0 Å². The third kappa shape index (κ3) is 3.68. The van der Waals surface area contributed by atoms with Gasteiger partial charge < -0.3 is 0 Å². The van der Waals surface area contributed by atoms with Gasteiger partial charge in [0, 0.05) is 9.82 Å². The molecule has 0 N–H and O–H groups in total. The highest BCUT2D eigenvalue weighted by Crippen LogP contribution is 2.25. The fourth-order valence-corrected chi connectivity index (χ4v) is 1.64. The zero-order valence-corrected chi connectivity index (χ0v) is 11.8. The van der Waals surface area contributed by atoms with Gasteiger partial charge in [-0.1, -0.05) is 34.5 Å². The van der Waals surface area contributed by atoms with Gasteiger partial charge in [0.2, 0.25) is 0 Å². The first-order valence-corrected chi connectivity index (χ1v) is 5.96. The summed E-state index contributed by atoms with van der Waals surface area (Å²) in [6.07, 6.45) is 0. The van der Waals surface area contributed by atoms with Gasteiger partial charge >= 0.3 is 0 Å². The van der Waals surface area contributed by atoms with Gasteiger partial charge in [0.15, 0.2) is 0 Å². The van der Waals surface area contributed by atoms with Gasteiger partial charge in [-0.05, 0) is 22.2 Å².